The van der Waals surface area contributed by atoms with E-state index in [1.54, 1.807) is 0 Å². The van der Waals surface area contributed by atoms with Crippen LogP contribution >= 0.6 is 0 Å². The zero-order valence-corrected chi connectivity index (χ0v) is 15.0. The lowest BCUT2D eigenvalue weighted by Gasteiger charge is -2.11. The Hall–Kier alpha value is -1.76. The predicted octanol–water partition coefficient (Wildman–Crippen LogP) is 6.46. The van der Waals surface area contributed by atoms with E-state index >= 15 is 0 Å². The molecule has 0 fully saturated rings. The van der Waals surface area contributed by atoms with E-state index in [-0.39, 0.29) is 0 Å². The van der Waals surface area contributed by atoms with Gasteiger partial charge in [-0.15, -0.1) is 0 Å². The van der Waals surface area contributed by atoms with Gasteiger partial charge in [0.15, 0.2) is 0 Å². The summed E-state index contributed by atoms with van der Waals surface area (Å²) in [4.78, 5) is 0. The van der Waals surface area contributed by atoms with Crippen molar-refractivity contribution >= 4 is 5.69 Å². The molecule has 0 amide bonds. The van der Waals surface area contributed by atoms with E-state index in [2.05, 4.69) is 57.2 Å². The number of rotatable bonds is 8. The highest BCUT2D eigenvalue weighted by Crippen LogP contribution is 2.30. The van der Waals surface area contributed by atoms with E-state index < -0.39 is 0 Å². The first-order valence-electron chi connectivity index (χ1n) is 9.08. The Morgan fingerprint density at radius 2 is 1.43 bits per heavy atom. The van der Waals surface area contributed by atoms with Crippen LogP contribution in [-0.4, -0.2) is 0 Å². The van der Waals surface area contributed by atoms with Crippen molar-refractivity contribution in [2.24, 2.45) is 0 Å². The molecule has 1 heteroatoms. The normalized spacial score (nSPS) is 10.9. The zero-order chi connectivity index (χ0) is 16.7. The SMILES string of the molecule is CCCCCCCCc1ccc(-c2ccc(C)c(C)c2N)cc1. The maximum absolute atomic E-state index is 6.29. The molecule has 124 valence electrons. The number of benzene rings is 2. The summed E-state index contributed by atoms with van der Waals surface area (Å²) in [6.07, 6.45) is 9.32. The lowest BCUT2D eigenvalue weighted by atomic mass is 9.96. The summed E-state index contributed by atoms with van der Waals surface area (Å²) in [5, 5.41) is 0. The number of aryl methyl sites for hydroxylation is 2. The van der Waals surface area contributed by atoms with Crippen molar-refractivity contribution in [1.82, 2.24) is 0 Å². The summed E-state index contributed by atoms with van der Waals surface area (Å²) in [5.74, 6) is 0. The smallest absolute Gasteiger partial charge is 0.0426 e. The molecule has 0 aliphatic carbocycles. The third-order valence-corrected chi connectivity index (χ3v) is 4.87. The van der Waals surface area contributed by atoms with Crippen LogP contribution in [0.1, 0.15) is 62.1 Å². The van der Waals surface area contributed by atoms with Crippen molar-refractivity contribution in [3.05, 3.63) is 53.1 Å². The van der Waals surface area contributed by atoms with Gasteiger partial charge in [0.25, 0.3) is 0 Å². The number of nitrogens with two attached hydrogens (primary N) is 1. The van der Waals surface area contributed by atoms with E-state index in [1.807, 2.05) is 0 Å². The average Bonchev–Trinajstić information content (AvgIpc) is 2.57. The largest absolute Gasteiger partial charge is 0.398 e. The molecule has 23 heavy (non-hydrogen) atoms. The van der Waals surface area contributed by atoms with Crippen molar-refractivity contribution < 1.29 is 0 Å². The number of nitrogen functional groups attached to an aromatic ring is 1. The predicted molar refractivity (Wildman–Crippen MR) is 103 cm³/mol. The Bertz CT molecular complexity index is 611. The first-order valence-corrected chi connectivity index (χ1v) is 9.08. The van der Waals surface area contributed by atoms with Crippen LogP contribution in [0.3, 0.4) is 0 Å². The fourth-order valence-electron chi connectivity index (χ4n) is 3.05. The van der Waals surface area contributed by atoms with E-state index in [0.717, 1.165) is 11.3 Å². The number of hydrogen-bond acceptors (Lipinski definition) is 1. The molecular formula is C22H31N. The van der Waals surface area contributed by atoms with Crippen LogP contribution in [0.2, 0.25) is 0 Å². The zero-order valence-electron chi connectivity index (χ0n) is 15.0. The number of unbranched alkanes of at least 4 members (excludes halogenated alkanes) is 5. The number of anilines is 1. The van der Waals surface area contributed by atoms with E-state index in [0.29, 0.717) is 0 Å². The maximum atomic E-state index is 6.29. The lowest BCUT2D eigenvalue weighted by Crippen LogP contribution is -1.96. The van der Waals surface area contributed by atoms with Gasteiger partial charge in [-0.3, -0.25) is 0 Å². The monoisotopic (exact) mass is 309 g/mol. The van der Waals surface area contributed by atoms with Gasteiger partial charge in [0.05, 0.1) is 0 Å². The van der Waals surface area contributed by atoms with Gasteiger partial charge in [-0.2, -0.15) is 0 Å². The Morgan fingerprint density at radius 3 is 2.13 bits per heavy atom. The minimum atomic E-state index is 0.911. The van der Waals surface area contributed by atoms with Crippen molar-refractivity contribution in [3.8, 4) is 11.1 Å². The van der Waals surface area contributed by atoms with E-state index in [4.69, 9.17) is 5.73 Å². The Balaban J connectivity index is 1.93. The first-order chi connectivity index (χ1) is 11.1. The average molecular weight is 309 g/mol. The summed E-state index contributed by atoms with van der Waals surface area (Å²) in [6, 6.07) is 13.2. The van der Waals surface area contributed by atoms with Crippen molar-refractivity contribution in [1.29, 1.82) is 0 Å². The third kappa shape index (κ3) is 4.86. The maximum Gasteiger partial charge on any atom is 0.0426 e. The van der Waals surface area contributed by atoms with Gasteiger partial charge in [0, 0.05) is 11.3 Å². The summed E-state index contributed by atoms with van der Waals surface area (Å²) in [5.41, 5.74) is 13.5. The molecule has 0 atom stereocenters. The second-order valence-corrected chi connectivity index (χ2v) is 6.68. The van der Waals surface area contributed by atoms with Crippen molar-refractivity contribution in [2.45, 2.75) is 65.7 Å². The highest BCUT2D eigenvalue weighted by Gasteiger charge is 2.06. The molecule has 0 heterocycles. The Labute approximate surface area is 141 Å². The van der Waals surface area contributed by atoms with Gasteiger partial charge in [-0.1, -0.05) is 75.4 Å². The summed E-state index contributed by atoms with van der Waals surface area (Å²) < 4.78 is 0. The van der Waals surface area contributed by atoms with Crippen molar-refractivity contribution in [3.63, 3.8) is 0 Å². The number of hydrogen-bond donors (Lipinski definition) is 1. The molecule has 0 saturated heterocycles. The highest BCUT2D eigenvalue weighted by molar-refractivity contribution is 5.79. The molecule has 2 aromatic rings. The van der Waals surface area contributed by atoms with Crippen LogP contribution in [0.5, 0.6) is 0 Å². The molecule has 2 aromatic carbocycles. The third-order valence-electron chi connectivity index (χ3n) is 4.87. The summed E-state index contributed by atoms with van der Waals surface area (Å²) >= 11 is 0. The fraction of sp³-hybridized carbons (Fsp3) is 0.455. The highest BCUT2D eigenvalue weighted by atomic mass is 14.6. The van der Waals surface area contributed by atoms with Gasteiger partial charge >= 0.3 is 0 Å². The molecule has 2 rings (SSSR count). The molecule has 2 N–H and O–H groups in total. The molecule has 0 spiro atoms. The standard InChI is InChI=1S/C22H31N/c1-4-5-6-7-8-9-10-19-12-14-20(15-13-19)21-16-11-17(2)18(3)22(21)23/h11-16H,4-10,23H2,1-3H3. The molecule has 0 unspecified atom stereocenters. The molecule has 0 aliphatic rings. The Morgan fingerprint density at radius 1 is 0.783 bits per heavy atom. The molecular weight excluding hydrogens is 278 g/mol. The Kier molecular flexibility index (Phi) is 6.70. The van der Waals surface area contributed by atoms with Crippen LogP contribution in [0.15, 0.2) is 36.4 Å². The molecule has 0 saturated carbocycles. The molecule has 0 bridgehead atoms. The topological polar surface area (TPSA) is 26.0 Å². The lowest BCUT2D eigenvalue weighted by molar-refractivity contribution is 0.607. The van der Waals surface area contributed by atoms with Crippen LogP contribution in [0, 0.1) is 13.8 Å². The van der Waals surface area contributed by atoms with Crippen molar-refractivity contribution in [2.75, 3.05) is 5.73 Å². The van der Waals surface area contributed by atoms with Crippen LogP contribution in [0.4, 0.5) is 5.69 Å². The van der Waals surface area contributed by atoms with E-state index in [9.17, 15) is 0 Å². The van der Waals surface area contributed by atoms with Crippen LogP contribution < -0.4 is 5.73 Å². The van der Waals surface area contributed by atoms with Gasteiger partial charge < -0.3 is 5.73 Å². The van der Waals surface area contributed by atoms with Gasteiger partial charge in [0.2, 0.25) is 0 Å². The van der Waals surface area contributed by atoms with Gasteiger partial charge in [-0.25, -0.2) is 0 Å². The minimum absolute atomic E-state index is 0.911. The first kappa shape index (κ1) is 17.6. The minimum Gasteiger partial charge on any atom is -0.398 e. The van der Waals surface area contributed by atoms with Crippen LogP contribution in [-0.2, 0) is 6.42 Å². The van der Waals surface area contributed by atoms with Crippen LogP contribution in [0.25, 0.3) is 11.1 Å². The molecule has 0 radical (unpaired) electrons. The van der Waals surface area contributed by atoms with Gasteiger partial charge in [-0.05, 0) is 48.9 Å². The molecule has 0 aliphatic heterocycles. The second-order valence-electron chi connectivity index (χ2n) is 6.68. The summed E-state index contributed by atoms with van der Waals surface area (Å²) in [7, 11) is 0. The molecule has 0 aromatic heterocycles. The van der Waals surface area contributed by atoms with Gasteiger partial charge in [0.1, 0.15) is 0 Å². The summed E-state index contributed by atoms with van der Waals surface area (Å²) in [6.45, 7) is 6.48. The second kappa shape index (κ2) is 8.76. The quantitative estimate of drug-likeness (QED) is 0.439. The fourth-order valence-corrected chi connectivity index (χ4v) is 3.05. The molecule has 1 nitrogen and oxygen atoms in total. The van der Waals surface area contributed by atoms with E-state index in [1.165, 1.54) is 67.2 Å².